The van der Waals surface area contributed by atoms with Gasteiger partial charge in [0.25, 0.3) is 0 Å². The summed E-state index contributed by atoms with van der Waals surface area (Å²) >= 11 is 0. The molecule has 6 heteroatoms. The summed E-state index contributed by atoms with van der Waals surface area (Å²) in [5, 5.41) is -0.162. The Morgan fingerprint density at radius 3 is 2.22 bits per heavy atom. The smallest absolute Gasteiger partial charge is 0.349 e. The van der Waals surface area contributed by atoms with E-state index >= 15 is 0 Å². The highest BCUT2D eigenvalue weighted by molar-refractivity contribution is 6.73. The largest absolute Gasteiger partial charge is 0.391 e. The molecule has 0 aromatic heterocycles. The summed E-state index contributed by atoms with van der Waals surface area (Å²) in [7, 11) is -2.62. The quantitative estimate of drug-likeness (QED) is 0.495. The zero-order chi connectivity index (χ0) is 23.0. The highest BCUT2D eigenvalue weighted by Gasteiger charge is 2.65. The summed E-state index contributed by atoms with van der Waals surface area (Å²) in [4.78, 5) is 0. The molecule has 0 spiro atoms. The molecule has 5 nitrogen and oxygen atoms in total. The van der Waals surface area contributed by atoms with Gasteiger partial charge in [-0.15, -0.1) is 0 Å². The van der Waals surface area contributed by atoms with Crippen molar-refractivity contribution >= 4 is 8.56 Å². The SMILES string of the molecule is CC(C)(C)[Si]1(C(C)(C)C)OC[C@@H]2O[C@H](OC3CCCCC3)[C@H](OCc3ccccc3)[C@H]2O1. The fourth-order valence-electron chi connectivity index (χ4n) is 5.75. The topological polar surface area (TPSA) is 46.2 Å². The van der Waals surface area contributed by atoms with E-state index in [1.54, 1.807) is 0 Å². The number of rotatable bonds is 5. The van der Waals surface area contributed by atoms with Crippen LogP contribution in [-0.2, 0) is 29.7 Å². The molecule has 4 rings (SSSR count). The summed E-state index contributed by atoms with van der Waals surface area (Å²) in [6.45, 7) is 14.5. The molecule has 3 aliphatic rings. The normalized spacial score (nSPS) is 31.4. The Labute approximate surface area is 195 Å². The van der Waals surface area contributed by atoms with Gasteiger partial charge in [0.1, 0.15) is 18.3 Å². The van der Waals surface area contributed by atoms with Crippen LogP contribution in [0.3, 0.4) is 0 Å². The third-order valence-electron chi connectivity index (χ3n) is 7.16. The summed E-state index contributed by atoms with van der Waals surface area (Å²) < 4.78 is 33.1. The van der Waals surface area contributed by atoms with Crippen LogP contribution < -0.4 is 0 Å². The van der Waals surface area contributed by atoms with Crippen molar-refractivity contribution in [1.82, 2.24) is 0 Å². The highest BCUT2D eigenvalue weighted by Crippen LogP contribution is 2.55. The molecule has 0 bridgehead atoms. The molecule has 0 unspecified atom stereocenters. The zero-order valence-electron chi connectivity index (χ0n) is 20.8. The van der Waals surface area contributed by atoms with Crippen LogP contribution in [0.15, 0.2) is 30.3 Å². The van der Waals surface area contributed by atoms with Gasteiger partial charge in [-0.05, 0) is 18.4 Å². The zero-order valence-corrected chi connectivity index (χ0v) is 21.8. The predicted molar refractivity (Wildman–Crippen MR) is 128 cm³/mol. The Balaban J connectivity index is 1.57. The highest BCUT2D eigenvalue weighted by atomic mass is 28.4. The first-order valence-corrected chi connectivity index (χ1v) is 14.2. The number of hydrogen-bond donors (Lipinski definition) is 0. The maximum absolute atomic E-state index is 7.03. The number of benzene rings is 1. The molecule has 32 heavy (non-hydrogen) atoms. The van der Waals surface area contributed by atoms with Crippen LogP contribution in [0.25, 0.3) is 0 Å². The summed E-state index contributed by atoms with van der Waals surface area (Å²) in [6.07, 6.45) is 5.18. The van der Waals surface area contributed by atoms with Crippen LogP contribution in [0.4, 0.5) is 0 Å². The molecule has 1 aromatic carbocycles. The van der Waals surface area contributed by atoms with Gasteiger partial charge in [-0.2, -0.15) is 0 Å². The molecule has 0 radical (unpaired) electrons. The minimum absolute atomic E-state index is 0.0808. The first-order chi connectivity index (χ1) is 15.1. The molecule has 180 valence electrons. The van der Waals surface area contributed by atoms with Gasteiger partial charge in [0, 0.05) is 10.1 Å². The lowest BCUT2D eigenvalue weighted by Gasteiger charge is -2.53. The Bertz CT molecular complexity index is 721. The van der Waals surface area contributed by atoms with Crippen molar-refractivity contribution in [2.75, 3.05) is 6.61 Å². The van der Waals surface area contributed by atoms with Crippen molar-refractivity contribution in [3.05, 3.63) is 35.9 Å². The first kappa shape index (κ1) is 24.4. The lowest BCUT2D eigenvalue weighted by atomic mass is 9.98. The third kappa shape index (κ3) is 4.86. The molecule has 2 saturated heterocycles. The van der Waals surface area contributed by atoms with Crippen LogP contribution in [0.5, 0.6) is 0 Å². The van der Waals surface area contributed by atoms with Crippen molar-refractivity contribution < 1.29 is 23.1 Å². The molecule has 1 aliphatic carbocycles. The van der Waals surface area contributed by atoms with Gasteiger partial charge in [0.2, 0.25) is 0 Å². The van der Waals surface area contributed by atoms with E-state index in [9.17, 15) is 0 Å². The summed E-state index contributed by atoms with van der Waals surface area (Å²) in [5.74, 6) is 0. The molecule has 2 heterocycles. The van der Waals surface area contributed by atoms with Crippen molar-refractivity contribution in [1.29, 1.82) is 0 Å². The number of hydrogen-bond acceptors (Lipinski definition) is 5. The van der Waals surface area contributed by atoms with Crippen molar-refractivity contribution in [3.63, 3.8) is 0 Å². The van der Waals surface area contributed by atoms with Crippen LogP contribution in [-0.4, -0.2) is 45.9 Å². The van der Waals surface area contributed by atoms with Gasteiger partial charge in [-0.3, -0.25) is 0 Å². The molecule has 4 atom stereocenters. The van der Waals surface area contributed by atoms with Gasteiger partial charge < -0.3 is 23.1 Å². The van der Waals surface area contributed by atoms with E-state index in [0.29, 0.717) is 13.2 Å². The second-order valence-electron chi connectivity index (χ2n) is 11.7. The molecule has 0 amide bonds. The minimum Gasteiger partial charge on any atom is -0.391 e. The number of fused-ring (bicyclic) bond motifs is 1. The van der Waals surface area contributed by atoms with Crippen molar-refractivity contribution in [2.24, 2.45) is 0 Å². The van der Waals surface area contributed by atoms with E-state index in [-0.39, 0.29) is 34.5 Å². The maximum Gasteiger partial charge on any atom is 0.349 e. The Morgan fingerprint density at radius 2 is 1.59 bits per heavy atom. The molecular weight excluding hydrogens is 420 g/mol. The molecule has 0 N–H and O–H groups in total. The molecule has 1 aromatic rings. The lowest BCUT2D eigenvalue weighted by Crippen LogP contribution is -2.65. The average Bonchev–Trinajstić information content (AvgIpc) is 3.08. The van der Waals surface area contributed by atoms with Gasteiger partial charge in [-0.1, -0.05) is 91.1 Å². The lowest BCUT2D eigenvalue weighted by molar-refractivity contribution is -0.207. The van der Waals surface area contributed by atoms with Gasteiger partial charge >= 0.3 is 8.56 Å². The van der Waals surface area contributed by atoms with Crippen molar-refractivity contribution in [2.45, 2.75) is 121 Å². The van der Waals surface area contributed by atoms with E-state index in [0.717, 1.165) is 18.4 Å². The molecular formula is C26H42O5Si. The molecule has 2 aliphatic heterocycles. The second-order valence-corrected chi connectivity index (χ2v) is 16.5. The standard InChI is InChI=1S/C26H42O5Si/c1-25(2,3)32(26(4,5)6)28-18-21-22(31-32)23(27-17-19-13-9-7-10-14-19)24(30-21)29-20-15-11-8-12-16-20/h7,9-10,13-14,20-24H,8,11-12,15-18H2,1-6H3/t21-,22-,23+,24-/m0/s1. The Morgan fingerprint density at radius 1 is 0.938 bits per heavy atom. The fourth-order valence-corrected chi connectivity index (χ4v) is 10.7. The average molecular weight is 463 g/mol. The first-order valence-electron chi connectivity index (χ1n) is 12.4. The minimum atomic E-state index is -2.62. The molecule has 3 fully saturated rings. The van der Waals surface area contributed by atoms with Gasteiger partial charge in [-0.25, -0.2) is 0 Å². The van der Waals surface area contributed by atoms with Gasteiger partial charge in [0.05, 0.1) is 19.3 Å². The van der Waals surface area contributed by atoms with Crippen LogP contribution >= 0.6 is 0 Å². The second kappa shape index (κ2) is 9.47. The van der Waals surface area contributed by atoms with Crippen LogP contribution in [0.1, 0.15) is 79.2 Å². The van der Waals surface area contributed by atoms with Crippen LogP contribution in [0.2, 0.25) is 10.1 Å². The Hall–Kier alpha value is -0.763. The van der Waals surface area contributed by atoms with E-state index in [1.165, 1.54) is 19.3 Å². The summed E-state index contributed by atoms with van der Waals surface area (Å²) in [6, 6.07) is 10.3. The third-order valence-corrected chi connectivity index (χ3v) is 12.3. The monoisotopic (exact) mass is 462 g/mol. The Kier molecular flexibility index (Phi) is 7.21. The van der Waals surface area contributed by atoms with E-state index in [1.807, 2.05) is 18.2 Å². The number of ether oxygens (including phenoxy) is 3. The van der Waals surface area contributed by atoms with E-state index in [2.05, 4.69) is 53.7 Å². The van der Waals surface area contributed by atoms with Crippen molar-refractivity contribution in [3.8, 4) is 0 Å². The summed E-state index contributed by atoms with van der Waals surface area (Å²) in [5.41, 5.74) is 1.15. The predicted octanol–water partition coefficient (Wildman–Crippen LogP) is 6.10. The molecule has 1 saturated carbocycles. The van der Waals surface area contributed by atoms with E-state index in [4.69, 9.17) is 23.1 Å². The van der Waals surface area contributed by atoms with Crippen LogP contribution in [0, 0.1) is 0 Å². The maximum atomic E-state index is 7.03. The van der Waals surface area contributed by atoms with E-state index < -0.39 is 14.9 Å². The van der Waals surface area contributed by atoms with Gasteiger partial charge in [0.15, 0.2) is 6.29 Å². The fraction of sp³-hybridized carbons (Fsp3) is 0.769.